The van der Waals surface area contributed by atoms with Gasteiger partial charge in [-0.3, -0.25) is 0 Å². The van der Waals surface area contributed by atoms with Crippen LogP contribution >= 0.6 is 23.2 Å². The molecule has 110 valence electrons. The molecule has 0 radical (unpaired) electrons. The Kier molecular flexibility index (Phi) is 4.72. The van der Waals surface area contributed by atoms with Gasteiger partial charge in [-0.25, -0.2) is 0 Å². The van der Waals surface area contributed by atoms with Gasteiger partial charge in [0.2, 0.25) is 0 Å². The van der Waals surface area contributed by atoms with E-state index >= 15 is 0 Å². The highest BCUT2D eigenvalue weighted by atomic mass is 35.5. The van der Waals surface area contributed by atoms with E-state index in [4.69, 9.17) is 23.2 Å². The van der Waals surface area contributed by atoms with Gasteiger partial charge in [0.1, 0.15) is 0 Å². The average Bonchev–Trinajstić information content (AvgIpc) is 2.53. The summed E-state index contributed by atoms with van der Waals surface area (Å²) in [4.78, 5) is 0. The van der Waals surface area contributed by atoms with E-state index in [9.17, 15) is 0 Å². The van der Waals surface area contributed by atoms with Gasteiger partial charge in [0.25, 0.3) is 0 Å². The van der Waals surface area contributed by atoms with Crippen LogP contribution in [0.5, 0.6) is 0 Å². The number of hydrogen-bond acceptors (Lipinski definition) is 1. The number of nitrogens with one attached hydrogen (secondary N) is 1. The van der Waals surface area contributed by atoms with Crippen molar-refractivity contribution in [2.75, 3.05) is 5.32 Å². The quantitative estimate of drug-likeness (QED) is 0.717. The minimum Gasteiger partial charge on any atom is -0.381 e. The minimum absolute atomic E-state index is 0.487. The first kappa shape index (κ1) is 14.7. The molecule has 0 unspecified atom stereocenters. The summed E-state index contributed by atoms with van der Waals surface area (Å²) < 4.78 is 0. The van der Waals surface area contributed by atoms with E-state index in [1.54, 1.807) is 0 Å². The van der Waals surface area contributed by atoms with Crippen LogP contribution in [0.2, 0.25) is 10.0 Å². The normalized spacial score (nSPS) is 22.0. The summed E-state index contributed by atoms with van der Waals surface area (Å²) >= 11 is 12.3. The van der Waals surface area contributed by atoms with E-state index in [-0.39, 0.29) is 0 Å². The lowest BCUT2D eigenvalue weighted by atomic mass is 9.82. The van der Waals surface area contributed by atoms with E-state index in [2.05, 4.69) is 35.6 Å². The van der Waals surface area contributed by atoms with Crippen molar-refractivity contribution in [1.29, 1.82) is 0 Å². The molecule has 0 amide bonds. The monoisotopic (exact) mass is 319 g/mol. The zero-order valence-corrected chi connectivity index (χ0v) is 13.4. The summed E-state index contributed by atoms with van der Waals surface area (Å²) in [5.74, 6) is 0.694. The van der Waals surface area contributed by atoms with Crippen LogP contribution in [0.1, 0.15) is 37.2 Å². The molecular formula is C18H19Cl2N. The van der Waals surface area contributed by atoms with Crippen molar-refractivity contribution in [1.82, 2.24) is 0 Å². The maximum Gasteiger partial charge on any atom is 0.0823 e. The third-order valence-electron chi connectivity index (χ3n) is 4.31. The van der Waals surface area contributed by atoms with Crippen LogP contribution in [-0.4, -0.2) is 6.04 Å². The molecule has 0 aliphatic heterocycles. The molecule has 2 aromatic carbocycles. The smallest absolute Gasteiger partial charge is 0.0823 e. The lowest BCUT2D eigenvalue weighted by Crippen LogP contribution is -2.25. The first-order chi connectivity index (χ1) is 10.2. The predicted molar refractivity (Wildman–Crippen MR) is 91.5 cm³/mol. The molecule has 0 spiro atoms. The van der Waals surface area contributed by atoms with Gasteiger partial charge in [-0.1, -0.05) is 59.6 Å². The highest BCUT2D eigenvalue weighted by Gasteiger charge is 2.22. The molecule has 1 fully saturated rings. The molecule has 3 rings (SSSR count). The van der Waals surface area contributed by atoms with Gasteiger partial charge in [-0.05, 0) is 49.3 Å². The third kappa shape index (κ3) is 3.53. The van der Waals surface area contributed by atoms with Crippen molar-refractivity contribution in [3.05, 3.63) is 64.1 Å². The molecule has 1 saturated carbocycles. The van der Waals surface area contributed by atoms with E-state index < -0.39 is 0 Å². The van der Waals surface area contributed by atoms with Crippen LogP contribution in [0.3, 0.4) is 0 Å². The topological polar surface area (TPSA) is 12.0 Å². The van der Waals surface area contributed by atoms with Crippen molar-refractivity contribution in [2.24, 2.45) is 0 Å². The number of rotatable bonds is 3. The fourth-order valence-electron chi connectivity index (χ4n) is 3.13. The van der Waals surface area contributed by atoms with Crippen molar-refractivity contribution >= 4 is 28.9 Å². The van der Waals surface area contributed by atoms with Crippen molar-refractivity contribution < 1.29 is 0 Å². The molecule has 0 atom stereocenters. The van der Waals surface area contributed by atoms with Crippen LogP contribution in [0.25, 0.3) is 0 Å². The molecule has 3 heteroatoms. The maximum absolute atomic E-state index is 6.24. The summed E-state index contributed by atoms with van der Waals surface area (Å²) in [5, 5.41) is 4.79. The maximum atomic E-state index is 6.24. The standard InChI is InChI=1S/C18H19Cl2N/c19-16-7-4-8-17(18(16)20)21-15-11-9-14(10-12-15)13-5-2-1-3-6-13/h1-8,14-15,21H,9-12H2. The number of anilines is 1. The van der Waals surface area contributed by atoms with Gasteiger partial charge in [0, 0.05) is 6.04 Å². The highest BCUT2D eigenvalue weighted by molar-refractivity contribution is 6.43. The third-order valence-corrected chi connectivity index (χ3v) is 5.13. The average molecular weight is 320 g/mol. The Morgan fingerprint density at radius 3 is 2.24 bits per heavy atom. The summed E-state index contributed by atoms with van der Waals surface area (Å²) in [6, 6.07) is 17.1. The zero-order chi connectivity index (χ0) is 14.7. The second kappa shape index (κ2) is 6.72. The van der Waals surface area contributed by atoms with E-state index in [1.165, 1.54) is 31.2 Å². The largest absolute Gasteiger partial charge is 0.381 e. The Morgan fingerprint density at radius 1 is 0.810 bits per heavy atom. The fourth-order valence-corrected chi connectivity index (χ4v) is 3.49. The van der Waals surface area contributed by atoms with Crippen LogP contribution in [0.15, 0.2) is 48.5 Å². The first-order valence-corrected chi connectivity index (χ1v) is 8.25. The Balaban J connectivity index is 1.60. The Morgan fingerprint density at radius 2 is 1.52 bits per heavy atom. The van der Waals surface area contributed by atoms with Crippen molar-refractivity contribution in [3.63, 3.8) is 0 Å². The molecule has 0 heterocycles. The van der Waals surface area contributed by atoms with Gasteiger partial charge in [-0.15, -0.1) is 0 Å². The molecule has 0 aromatic heterocycles. The molecular weight excluding hydrogens is 301 g/mol. The van der Waals surface area contributed by atoms with E-state index in [0.29, 0.717) is 22.0 Å². The highest BCUT2D eigenvalue weighted by Crippen LogP contribution is 2.36. The van der Waals surface area contributed by atoms with Gasteiger partial charge >= 0.3 is 0 Å². The summed E-state index contributed by atoms with van der Waals surface area (Å²) in [5.41, 5.74) is 2.42. The van der Waals surface area contributed by atoms with Crippen molar-refractivity contribution in [2.45, 2.75) is 37.6 Å². The zero-order valence-electron chi connectivity index (χ0n) is 11.9. The Bertz CT molecular complexity index is 589. The molecule has 1 aliphatic carbocycles. The number of halogens is 2. The van der Waals surface area contributed by atoms with Gasteiger partial charge in [0.05, 0.1) is 15.7 Å². The second-order valence-electron chi connectivity index (χ2n) is 5.70. The fraction of sp³-hybridized carbons (Fsp3) is 0.333. The van der Waals surface area contributed by atoms with Gasteiger partial charge < -0.3 is 5.32 Å². The molecule has 0 saturated heterocycles. The molecule has 1 N–H and O–H groups in total. The number of hydrogen-bond donors (Lipinski definition) is 1. The van der Waals surface area contributed by atoms with Crippen LogP contribution in [0, 0.1) is 0 Å². The lowest BCUT2D eigenvalue weighted by molar-refractivity contribution is 0.412. The number of benzene rings is 2. The van der Waals surface area contributed by atoms with E-state index in [1.807, 2.05) is 18.2 Å². The van der Waals surface area contributed by atoms with Crippen LogP contribution in [0.4, 0.5) is 5.69 Å². The lowest BCUT2D eigenvalue weighted by Gasteiger charge is -2.30. The second-order valence-corrected chi connectivity index (χ2v) is 6.49. The minimum atomic E-state index is 0.487. The SMILES string of the molecule is Clc1cccc(NC2CCC(c3ccccc3)CC2)c1Cl. The molecule has 1 aliphatic rings. The summed E-state index contributed by atoms with van der Waals surface area (Å²) in [7, 11) is 0. The van der Waals surface area contributed by atoms with Crippen molar-refractivity contribution in [3.8, 4) is 0 Å². The Labute approximate surface area is 136 Å². The van der Waals surface area contributed by atoms with Crippen LogP contribution < -0.4 is 5.32 Å². The van der Waals surface area contributed by atoms with Gasteiger partial charge in [-0.2, -0.15) is 0 Å². The molecule has 2 aromatic rings. The molecule has 21 heavy (non-hydrogen) atoms. The summed E-state index contributed by atoms with van der Waals surface area (Å²) in [6.45, 7) is 0. The molecule has 0 bridgehead atoms. The summed E-state index contributed by atoms with van der Waals surface area (Å²) in [6.07, 6.45) is 4.78. The van der Waals surface area contributed by atoms with E-state index in [0.717, 1.165) is 5.69 Å². The van der Waals surface area contributed by atoms with Crippen LogP contribution in [-0.2, 0) is 0 Å². The van der Waals surface area contributed by atoms with Gasteiger partial charge in [0.15, 0.2) is 0 Å². The predicted octanol–water partition coefficient (Wildman–Crippen LogP) is 6.13. The Hall–Kier alpha value is -1.18. The first-order valence-electron chi connectivity index (χ1n) is 7.49. The molecule has 1 nitrogen and oxygen atoms in total.